The molecule has 0 aliphatic rings. The summed E-state index contributed by atoms with van der Waals surface area (Å²) in [6.07, 6.45) is 0.153. The first kappa shape index (κ1) is 15.2. The van der Waals surface area contributed by atoms with E-state index in [-0.39, 0.29) is 12.7 Å². The summed E-state index contributed by atoms with van der Waals surface area (Å²) in [7, 11) is -3.10. The van der Waals surface area contributed by atoms with E-state index in [1.807, 2.05) is 18.2 Å². The van der Waals surface area contributed by atoms with Crippen LogP contribution in [0, 0.1) is 0 Å². The lowest BCUT2D eigenvalue weighted by molar-refractivity contribution is 0.213. The van der Waals surface area contributed by atoms with E-state index >= 15 is 0 Å². The molecule has 1 rings (SSSR count). The van der Waals surface area contributed by atoms with Gasteiger partial charge >= 0.3 is 7.60 Å². The van der Waals surface area contributed by atoms with Crippen LogP contribution >= 0.6 is 7.60 Å². The molecule has 0 radical (unpaired) electrons. The van der Waals surface area contributed by atoms with Gasteiger partial charge in [-0.1, -0.05) is 18.2 Å². The number of rotatable bonds is 8. The van der Waals surface area contributed by atoms with Crippen molar-refractivity contribution >= 4 is 13.3 Å². The molecule has 18 heavy (non-hydrogen) atoms. The van der Waals surface area contributed by atoms with Gasteiger partial charge in [0, 0.05) is 0 Å². The molecule has 1 aromatic rings. The Kier molecular flexibility index (Phi) is 6.36. The lowest BCUT2D eigenvalue weighted by atomic mass is 10.3. The van der Waals surface area contributed by atoms with Crippen molar-refractivity contribution in [2.75, 3.05) is 31.0 Å². The van der Waals surface area contributed by atoms with Gasteiger partial charge in [0.15, 0.2) is 0 Å². The number of hydrogen-bond donors (Lipinski definition) is 1. The van der Waals surface area contributed by atoms with E-state index in [4.69, 9.17) is 9.05 Å². The zero-order chi connectivity index (χ0) is 13.4. The summed E-state index contributed by atoms with van der Waals surface area (Å²) >= 11 is 0. The molecule has 6 heteroatoms. The van der Waals surface area contributed by atoms with Gasteiger partial charge in [-0.25, -0.2) is 0 Å². The van der Waals surface area contributed by atoms with Crippen LogP contribution in [0.5, 0.6) is 0 Å². The first-order valence-corrected chi connectivity index (χ1v) is 7.73. The predicted molar refractivity (Wildman–Crippen MR) is 71.3 cm³/mol. The number of hydroxylamine groups is 1. The second-order valence-corrected chi connectivity index (χ2v) is 5.81. The molecule has 0 unspecified atom stereocenters. The Morgan fingerprint density at radius 3 is 2.22 bits per heavy atom. The summed E-state index contributed by atoms with van der Waals surface area (Å²) in [6.45, 7) is 4.38. The molecule has 0 spiro atoms. The van der Waals surface area contributed by atoms with Gasteiger partial charge in [-0.3, -0.25) is 14.8 Å². The van der Waals surface area contributed by atoms with Crippen LogP contribution in [0.1, 0.15) is 13.8 Å². The van der Waals surface area contributed by atoms with Crippen molar-refractivity contribution in [3.63, 3.8) is 0 Å². The van der Waals surface area contributed by atoms with Crippen molar-refractivity contribution in [3.05, 3.63) is 30.3 Å². The minimum absolute atomic E-state index is 0.153. The molecular formula is C12H20NO4P. The molecule has 0 saturated heterocycles. The Balaban J connectivity index is 2.55. The fraction of sp³-hybridized carbons (Fsp3) is 0.500. The summed E-state index contributed by atoms with van der Waals surface area (Å²) in [5, 5.41) is 10.9. The first-order chi connectivity index (χ1) is 8.61. The Bertz CT molecular complexity index is 375. The van der Waals surface area contributed by atoms with Gasteiger partial charge in [0.25, 0.3) is 0 Å². The highest BCUT2D eigenvalue weighted by atomic mass is 31.2. The molecular weight excluding hydrogens is 253 g/mol. The van der Waals surface area contributed by atoms with Crippen LogP contribution in [0.3, 0.4) is 0 Å². The van der Waals surface area contributed by atoms with Gasteiger partial charge in [0.05, 0.1) is 31.6 Å². The standard InChI is InChI=1S/C12H20NO4P/c1-3-16-18(15,17-4-2)11-10-13(14)12-8-6-5-7-9-12/h5-9,14H,3-4,10-11H2,1-2H3. The molecule has 1 aromatic carbocycles. The number of benzene rings is 1. The van der Waals surface area contributed by atoms with Gasteiger partial charge in [0.2, 0.25) is 0 Å². The third-order valence-corrected chi connectivity index (χ3v) is 4.34. The van der Waals surface area contributed by atoms with E-state index in [1.165, 1.54) is 0 Å². The highest BCUT2D eigenvalue weighted by molar-refractivity contribution is 7.53. The summed E-state index contributed by atoms with van der Waals surface area (Å²) in [5.41, 5.74) is 0.650. The zero-order valence-corrected chi connectivity index (χ0v) is 11.7. The van der Waals surface area contributed by atoms with Crippen molar-refractivity contribution in [3.8, 4) is 0 Å². The van der Waals surface area contributed by atoms with Gasteiger partial charge in [-0.2, -0.15) is 0 Å². The Labute approximate surface area is 108 Å². The van der Waals surface area contributed by atoms with E-state index < -0.39 is 7.60 Å². The van der Waals surface area contributed by atoms with Crippen molar-refractivity contribution < 1.29 is 18.8 Å². The largest absolute Gasteiger partial charge is 0.332 e. The molecule has 0 bridgehead atoms. The van der Waals surface area contributed by atoms with E-state index in [9.17, 15) is 9.77 Å². The monoisotopic (exact) mass is 273 g/mol. The van der Waals surface area contributed by atoms with Gasteiger partial charge in [-0.15, -0.1) is 0 Å². The van der Waals surface area contributed by atoms with E-state index in [0.29, 0.717) is 18.9 Å². The van der Waals surface area contributed by atoms with Gasteiger partial charge in [-0.05, 0) is 26.0 Å². The Hall–Kier alpha value is -0.870. The molecule has 0 heterocycles. The summed E-state index contributed by atoms with van der Waals surface area (Å²) in [4.78, 5) is 0. The van der Waals surface area contributed by atoms with Gasteiger partial charge < -0.3 is 9.05 Å². The summed E-state index contributed by atoms with van der Waals surface area (Å²) in [5.74, 6) is 0. The van der Waals surface area contributed by atoms with Gasteiger partial charge in [0.1, 0.15) is 0 Å². The van der Waals surface area contributed by atoms with Crippen LogP contribution in [-0.4, -0.2) is 31.1 Å². The highest BCUT2D eigenvalue weighted by Crippen LogP contribution is 2.47. The van der Waals surface area contributed by atoms with E-state index in [0.717, 1.165) is 5.06 Å². The fourth-order valence-corrected chi connectivity index (χ4v) is 3.06. The lowest BCUT2D eigenvalue weighted by Gasteiger charge is -2.21. The molecule has 0 aliphatic heterocycles. The molecule has 5 nitrogen and oxygen atoms in total. The average Bonchev–Trinajstić information content (AvgIpc) is 2.38. The summed E-state index contributed by atoms with van der Waals surface area (Å²) < 4.78 is 22.5. The smallest absolute Gasteiger partial charge is 0.309 e. The van der Waals surface area contributed by atoms with Crippen molar-refractivity contribution in [2.24, 2.45) is 0 Å². The summed E-state index contributed by atoms with van der Waals surface area (Å²) in [6, 6.07) is 9.05. The molecule has 0 fully saturated rings. The molecule has 0 aliphatic carbocycles. The molecule has 0 aromatic heterocycles. The van der Waals surface area contributed by atoms with Crippen LogP contribution in [0.15, 0.2) is 30.3 Å². The molecule has 102 valence electrons. The quantitative estimate of drug-likeness (QED) is 0.582. The number of anilines is 1. The third-order valence-electron chi connectivity index (χ3n) is 2.29. The number of hydrogen-bond acceptors (Lipinski definition) is 5. The maximum absolute atomic E-state index is 12.2. The second-order valence-electron chi connectivity index (χ2n) is 3.63. The fourth-order valence-electron chi connectivity index (χ4n) is 1.51. The van der Waals surface area contributed by atoms with E-state index in [2.05, 4.69) is 0 Å². The van der Waals surface area contributed by atoms with Crippen LogP contribution in [-0.2, 0) is 13.6 Å². The van der Waals surface area contributed by atoms with Crippen molar-refractivity contribution in [1.82, 2.24) is 0 Å². The normalized spacial score (nSPS) is 11.5. The molecule has 1 N–H and O–H groups in total. The van der Waals surface area contributed by atoms with Crippen LogP contribution < -0.4 is 5.06 Å². The van der Waals surface area contributed by atoms with Crippen LogP contribution in [0.2, 0.25) is 0 Å². The number of nitrogens with zero attached hydrogens (tertiary/aromatic N) is 1. The molecule has 0 atom stereocenters. The average molecular weight is 273 g/mol. The first-order valence-electron chi connectivity index (χ1n) is 6.01. The number of para-hydroxylation sites is 1. The van der Waals surface area contributed by atoms with Crippen molar-refractivity contribution in [1.29, 1.82) is 0 Å². The minimum Gasteiger partial charge on any atom is -0.309 e. The zero-order valence-electron chi connectivity index (χ0n) is 10.8. The van der Waals surface area contributed by atoms with E-state index in [1.54, 1.807) is 26.0 Å². The highest BCUT2D eigenvalue weighted by Gasteiger charge is 2.24. The third kappa shape index (κ3) is 4.78. The Morgan fingerprint density at radius 1 is 1.17 bits per heavy atom. The molecule has 0 saturated carbocycles. The second kappa shape index (κ2) is 7.54. The van der Waals surface area contributed by atoms with Crippen LogP contribution in [0.4, 0.5) is 5.69 Å². The SMILES string of the molecule is CCOP(=O)(CCN(O)c1ccccc1)OCC. The lowest BCUT2D eigenvalue weighted by Crippen LogP contribution is -2.23. The van der Waals surface area contributed by atoms with Crippen LogP contribution in [0.25, 0.3) is 0 Å². The van der Waals surface area contributed by atoms with Crippen molar-refractivity contribution in [2.45, 2.75) is 13.8 Å². The minimum atomic E-state index is -3.10. The maximum Gasteiger partial charge on any atom is 0.332 e. The Morgan fingerprint density at radius 2 is 1.72 bits per heavy atom. The maximum atomic E-state index is 12.2. The predicted octanol–water partition coefficient (Wildman–Crippen LogP) is 3.15. The molecule has 0 amide bonds. The topological polar surface area (TPSA) is 59.0 Å².